The Morgan fingerprint density at radius 2 is 1.96 bits per heavy atom. The maximum Gasteiger partial charge on any atom is 0.191 e. The molecule has 0 aliphatic carbocycles. The summed E-state index contributed by atoms with van der Waals surface area (Å²) in [7, 11) is 0. The molecular formula is C16H16N4OS2. The molecule has 0 spiro atoms. The van der Waals surface area contributed by atoms with Crippen molar-refractivity contribution in [3.05, 3.63) is 51.7 Å². The second-order valence-corrected chi connectivity index (χ2v) is 7.24. The van der Waals surface area contributed by atoms with Gasteiger partial charge in [0.25, 0.3) is 0 Å². The number of hydrogen-bond donors (Lipinski definition) is 0. The van der Waals surface area contributed by atoms with Crippen LogP contribution in [0.25, 0.3) is 10.7 Å². The van der Waals surface area contributed by atoms with Gasteiger partial charge in [-0.05, 0) is 48.9 Å². The quantitative estimate of drug-likeness (QED) is 0.465. The number of aromatic nitrogens is 3. The zero-order valence-corrected chi connectivity index (χ0v) is 14.5. The molecule has 2 heterocycles. The van der Waals surface area contributed by atoms with Crippen molar-refractivity contribution in [3.8, 4) is 10.7 Å². The van der Waals surface area contributed by atoms with Crippen LogP contribution in [0.3, 0.4) is 0 Å². The van der Waals surface area contributed by atoms with E-state index in [1.54, 1.807) is 35.2 Å². The van der Waals surface area contributed by atoms with Crippen LogP contribution >= 0.6 is 23.1 Å². The van der Waals surface area contributed by atoms with Gasteiger partial charge in [-0.15, -0.1) is 26.4 Å². The van der Waals surface area contributed by atoms with Gasteiger partial charge in [0.05, 0.1) is 4.88 Å². The fourth-order valence-corrected chi connectivity index (χ4v) is 4.04. The van der Waals surface area contributed by atoms with Gasteiger partial charge in [-0.1, -0.05) is 23.9 Å². The van der Waals surface area contributed by atoms with Crippen LogP contribution in [-0.4, -0.2) is 14.8 Å². The van der Waals surface area contributed by atoms with E-state index in [2.05, 4.69) is 45.9 Å². The second kappa shape index (κ2) is 7.06. The maximum atomic E-state index is 10.4. The molecule has 5 nitrogen and oxygen atoms in total. The Morgan fingerprint density at radius 3 is 2.57 bits per heavy atom. The smallest absolute Gasteiger partial charge is 0.191 e. The third kappa shape index (κ3) is 3.51. The number of aryl methyl sites for hydroxylation is 1. The van der Waals surface area contributed by atoms with Crippen molar-refractivity contribution in [2.45, 2.75) is 31.3 Å². The van der Waals surface area contributed by atoms with Crippen LogP contribution < -0.4 is 0 Å². The second-order valence-electron chi connectivity index (χ2n) is 5.01. The minimum Gasteiger partial charge on any atom is -0.302 e. The Hall–Kier alpha value is -1.99. The number of thiophene rings is 1. The predicted molar refractivity (Wildman–Crippen MR) is 95.2 cm³/mol. The molecule has 0 bridgehead atoms. The number of nitrogens with zero attached hydrogens (tertiary/aromatic N) is 4. The molecule has 0 fully saturated rings. The third-order valence-corrected chi connectivity index (χ3v) is 5.44. The van der Waals surface area contributed by atoms with Crippen LogP contribution in [-0.2, 0) is 12.3 Å². The van der Waals surface area contributed by atoms with E-state index in [9.17, 15) is 4.91 Å². The number of hydrogen-bond acceptors (Lipinski definition) is 6. The maximum absolute atomic E-state index is 10.4. The molecule has 2 aromatic heterocycles. The number of rotatable bonds is 6. The van der Waals surface area contributed by atoms with E-state index in [0.717, 1.165) is 33.7 Å². The Bertz CT molecular complexity index is 808. The van der Waals surface area contributed by atoms with E-state index in [4.69, 9.17) is 0 Å². The first-order valence-electron chi connectivity index (χ1n) is 7.26. The lowest BCUT2D eigenvalue weighted by molar-refractivity contribution is 0.688. The molecule has 0 saturated carbocycles. The largest absolute Gasteiger partial charge is 0.302 e. The number of thioether (sulfide) groups is 1. The summed E-state index contributed by atoms with van der Waals surface area (Å²) in [5.74, 6) is 1.70. The van der Waals surface area contributed by atoms with Crippen LogP contribution in [0.1, 0.15) is 17.4 Å². The van der Waals surface area contributed by atoms with Gasteiger partial charge in [0.1, 0.15) is 5.69 Å². The molecule has 1 aromatic carbocycles. The van der Waals surface area contributed by atoms with E-state index < -0.39 is 0 Å². The zero-order chi connectivity index (χ0) is 16.2. The molecule has 0 atom stereocenters. The van der Waals surface area contributed by atoms with Crippen molar-refractivity contribution in [1.29, 1.82) is 0 Å². The lowest BCUT2D eigenvalue weighted by Gasteiger charge is -2.06. The summed E-state index contributed by atoms with van der Waals surface area (Å²) < 4.78 is 2.14. The average Bonchev–Trinajstić information content (AvgIpc) is 3.18. The van der Waals surface area contributed by atoms with Gasteiger partial charge < -0.3 is 4.57 Å². The van der Waals surface area contributed by atoms with E-state index in [1.165, 1.54) is 4.88 Å². The average molecular weight is 344 g/mol. The first kappa shape index (κ1) is 15.9. The highest BCUT2D eigenvalue weighted by Crippen LogP contribution is 2.30. The van der Waals surface area contributed by atoms with Gasteiger partial charge in [-0.25, -0.2) is 0 Å². The monoisotopic (exact) mass is 344 g/mol. The van der Waals surface area contributed by atoms with Gasteiger partial charge in [-0.3, -0.25) is 0 Å². The summed E-state index contributed by atoms with van der Waals surface area (Å²) in [6.07, 6.45) is 0. The van der Waals surface area contributed by atoms with Crippen molar-refractivity contribution in [2.24, 2.45) is 5.18 Å². The minimum atomic E-state index is 0.450. The van der Waals surface area contributed by atoms with Crippen molar-refractivity contribution >= 4 is 28.8 Å². The molecule has 3 rings (SSSR count). The Morgan fingerprint density at radius 1 is 1.17 bits per heavy atom. The standard InChI is InChI=1S/C16H16N4OS2/c1-3-20-15(14-9-4-11(2)23-14)17-18-16(20)22-10-12-5-7-13(19-21)8-6-12/h4-9H,3,10H2,1-2H3. The highest BCUT2D eigenvalue weighted by Gasteiger charge is 2.14. The minimum absolute atomic E-state index is 0.450. The SMILES string of the molecule is CCn1c(SCc2ccc(N=O)cc2)nnc1-c1ccc(C)s1. The van der Waals surface area contributed by atoms with E-state index in [-0.39, 0.29) is 0 Å². The molecule has 0 N–H and O–H groups in total. The zero-order valence-electron chi connectivity index (χ0n) is 12.9. The number of nitroso groups, excluding NO2 is 1. The van der Waals surface area contributed by atoms with Crippen LogP contribution in [0.4, 0.5) is 5.69 Å². The van der Waals surface area contributed by atoms with Crippen LogP contribution in [0.2, 0.25) is 0 Å². The lowest BCUT2D eigenvalue weighted by Crippen LogP contribution is -1.99. The molecule has 3 aromatic rings. The van der Waals surface area contributed by atoms with Gasteiger partial charge in [0, 0.05) is 17.2 Å². The highest BCUT2D eigenvalue weighted by molar-refractivity contribution is 7.98. The molecule has 118 valence electrons. The van der Waals surface area contributed by atoms with Gasteiger partial charge in [0.15, 0.2) is 11.0 Å². The van der Waals surface area contributed by atoms with E-state index in [0.29, 0.717) is 5.69 Å². The first-order valence-corrected chi connectivity index (χ1v) is 9.06. The molecule has 0 unspecified atom stereocenters. The van der Waals surface area contributed by atoms with Crippen LogP contribution in [0, 0.1) is 11.8 Å². The highest BCUT2D eigenvalue weighted by atomic mass is 32.2. The van der Waals surface area contributed by atoms with Crippen LogP contribution in [0.15, 0.2) is 46.7 Å². The van der Waals surface area contributed by atoms with E-state index in [1.807, 2.05) is 12.1 Å². The Balaban J connectivity index is 1.77. The van der Waals surface area contributed by atoms with Crippen molar-refractivity contribution in [3.63, 3.8) is 0 Å². The van der Waals surface area contributed by atoms with Gasteiger partial charge >= 0.3 is 0 Å². The summed E-state index contributed by atoms with van der Waals surface area (Å²) in [4.78, 5) is 12.9. The molecule has 0 aliphatic heterocycles. The topological polar surface area (TPSA) is 60.1 Å². The van der Waals surface area contributed by atoms with E-state index >= 15 is 0 Å². The van der Waals surface area contributed by atoms with Crippen molar-refractivity contribution < 1.29 is 0 Å². The summed E-state index contributed by atoms with van der Waals surface area (Å²) in [6.45, 7) is 5.02. The molecule has 23 heavy (non-hydrogen) atoms. The van der Waals surface area contributed by atoms with Gasteiger partial charge in [-0.2, -0.15) is 0 Å². The Kier molecular flexibility index (Phi) is 4.88. The summed E-state index contributed by atoms with van der Waals surface area (Å²) in [5, 5.41) is 12.5. The van der Waals surface area contributed by atoms with Crippen LogP contribution in [0.5, 0.6) is 0 Å². The lowest BCUT2D eigenvalue weighted by atomic mass is 10.2. The van der Waals surface area contributed by atoms with Gasteiger partial charge in [0.2, 0.25) is 0 Å². The molecular weight excluding hydrogens is 328 g/mol. The molecule has 0 aliphatic rings. The fourth-order valence-electron chi connectivity index (χ4n) is 2.22. The molecule has 0 amide bonds. The first-order chi connectivity index (χ1) is 11.2. The Labute approximate surface area is 142 Å². The normalized spacial score (nSPS) is 10.9. The summed E-state index contributed by atoms with van der Waals surface area (Å²) in [5.41, 5.74) is 1.58. The number of benzene rings is 1. The van der Waals surface area contributed by atoms with Crippen molar-refractivity contribution in [1.82, 2.24) is 14.8 Å². The third-order valence-electron chi connectivity index (χ3n) is 3.40. The fraction of sp³-hybridized carbons (Fsp3) is 0.250. The van der Waals surface area contributed by atoms with Crippen molar-refractivity contribution in [2.75, 3.05) is 0 Å². The predicted octanol–water partition coefficient (Wildman–Crippen LogP) is 5.03. The molecule has 7 heteroatoms. The summed E-state index contributed by atoms with van der Waals surface area (Å²) in [6, 6.07) is 11.5. The summed E-state index contributed by atoms with van der Waals surface area (Å²) >= 11 is 3.38. The molecule has 0 saturated heterocycles. The molecule has 0 radical (unpaired) electrons.